The van der Waals surface area contributed by atoms with Gasteiger partial charge in [0.25, 0.3) is 5.56 Å². The van der Waals surface area contributed by atoms with E-state index in [4.69, 9.17) is 0 Å². The monoisotopic (exact) mass is 561 g/mol. The average molecular weight is 562 g/mol. The summed E-state index contributed by atoms with van der Waals surface area (Å²) in [6.45, 7) is -3.29. The second-order valence-corrected chi connectivity index (χ2v) is 11.1. The number of hydrogen-bond acceptors (Lipinski definition) is 5. The first-order valence-electron chi connectivity index (χ1n) is 13.5. The van der Waals surface area contributed by atoms with Crippen molar-refractivity contribution < 1.29 is 37.0 Å². The predicted molar refractivity (Wildman–Crippen MR) is 131 cm³/mol. The Morgan fingerprint density at radius 3 is 2.46 bits per heavy atom. The van der Waals surface area contributed by atoms with Crippen molar-refractivity contribution in [2.45, 2.75) is 94.9 Å². The van der Waals surface area contributed by atoms with Gasteiger partial charge in [-0.1, -0.05) is 19.3 Å². The van der Waals surface area contributed by atoms with Crippen molar-refractivity contribution in [2.75, 3.05) is 0 Å². The normalized spacial score (nSPS) is 33.8. The molecule has 39 heavy (non-hydrogen) atoms. The number of carbonyl (C=O) groups is 2. The number of carboxylic acid groups (broad SMARTS) is 1. The molecular formula is C26H35F4N3O6. The molecule has 218 valence electrons. The maximum Gasteiger partial charge on any atom is 0.345 e. The third-order valence-electron chi connectivity index (χ3n) is 8.87. The van der Waals surface area contributed by atoms with Crippen LogP contribution in [0.25, 0.3) is 0 Å². The van der Waals surface area contributed by atoms with Gasteiger partial charge in [0, 0.05) is 25.4 Å². The number of aromatic nitrogens is 2. The first kappa shape index (κ1) is 29.3. The molecule has 0 bridgehead atoms. The standard InChI is InChI=1S/C26H35F4N3O6/c1-32-11-10-20(34)33(26(32)38)18-7-3-5-14-13(4-2-6-15(14)18)12-17(24(36)37)31-23(35)21-16(27)8-9-19(22(21)28)39-25(29)30/h10-11,13-19,21-22,25H,2-9,12H2,1H3,(H,31,35)(H,36,37)/t13?,14?,15?,16?,17-,18?,19?,21?,22?/m0/s1. The first-order chi connectivity index (χ1) is 18.5. The van der Waals surface area contributed by atoms with E-state index in [1.807, 2.05) is 0 Å². The van der Waals surface area contributed by atoms with Gasteiger partial charge >= 0.3 is 18.3 Å². The van der Waals surface area contributed by atoms with Gasteiger partial charge in [0.2, 0.25) is 5.91 Å². The highest BCUT2D eigenvalue weighted by molar-refractivity contribution is 5.85. The highest BCUT2D eigenvalue weighted by Gasteiger charge is 2.48. The third kappa shape index (κ3) is 6.22. The lowest BCUT2D eigenvalue weighted by molar-refractivity contribution is -0.198. The third-order valence-corrected chi connectivity index (χ3v) is 8.87. The Labute approximate surface area is 222 Å². The SMILES string of the molecule is Cn1ccc(=O)n(C2CCCC3C(C[C@H](NC(=O)C4C(F)CCC(OC(F)F)C4F)C(=O)O)CCCC32)c1=O. The molecule has 1 heterocycles. The number of alkyl halides is 4. The molecule has 13 heteroatoms. The molecule has 8 unspecified atom stereocenters. The molecule has 1 aromatic rings. The number of amides is 1. The number of carboxylic acids is 1. The van der Waals surface area contributed by atoms with Crippen molar-refractivity contribution in [1.29, 1.82) is 0 Å². The van der Waals surface area contributed by atoms with E-state index >= 15 is 0 Å². The maximum absolute atomic E-state index is 14.8. The Hall–Kier alpha value is -2.70. The number of aliphatic carboxylic acids is 1. The van der Waals surface area contributed by atoms with Gasteiger partial charge in [0.1, 0.15) is 24.3 Å². The quantitative estimate of drug-likeness (QED) is 0.471. The van der Waals surface area contributed by atoms with Gasteiger partial charge in [0.05, 0.1) is 6.10 Å². The smallest absolute Gasteiger partial charge is 0.345 e. The number of nitrogens with one attached hydrogen (secondary N) is 1. The van der Waals surface area contributed by atoms with Gasteiger partial charge in [-0.25, -0.2) is 18.4 Å². The van der Waals surface area contributed by atoms with Gasteiger partial charge in [-0.05, 0) is 56.3 Å². The number of hydrogen-bond donors (Lipinski definition) is 2. The molecular weight excluding hydrogens is 526 g/mol. The molecule has 3 aliphatic carbocycles. The van der Waals surface area contributed by atoms with Crippen LogP contribution >= 0.6 is 0 Å². The van der Waals surface area contributed by atoms with Gasteiger partial charge in [0.15, 0.2) is 0 Å². The lowest BCUT2D eigenvalue weighted by Gasteiger charge is -2.46. The van der Waals surface area contributed by atoms with Crippen molar-refractivity contribution in [3.8, 4) is 0 Å². The number of halogens is 4. The van der Waals surface area contributed by atoms with E-state index in [1.165, 1.54) is 21.4 Å². The zero-order valence-corrected chi connectivity index (χ0v) is 21.7. The van der Waals surface area contributed by atoms with Crippen LogP contribution in [0.2, 0.25) is 0 Å². The molecule has 0 aliphatic heterocycles. The van der Waals surface area contributed by atoms with Crippen molar-refractivity contribution in [1.82, 2.24) is 14.5 Å². The van der Waals surface area contributed by atoms with Gasteiger partial charge in [-0.15, -0.1) is 0 Å². The fourth-order valence-electron chi connectivity index (χ4n) is 7.07. The van der Waals surface area contributed by atoms with Crippen LogP contribution in [0.5, 0.6) is 0 Å². The molecule has 1 aromatic heterocycles. The zero-order chi connectivity index (χ0) is 28.4. The largest absolute Gasteiger partial charge is 0.480 e. The van der Waals surface area contributed by atoms with E-state index in [0.717, 1.165) is 25.7 Å². The topological polar surface area (TPSA) is 120 Å². The van der Waals surface area contributed by atoms with Crippen molar-refractivity contribution in [3.05, 3.63) is 33.1 Å². The number of fused-ring (bicyclic) bond motifs is 1. The Kier molecular flexibility index (Phi) is 9.18. The van der Waals surface area contributed by atoms with E-state index in [9.17, 15) is 41.8 Å². The van der Waals surface area contributed by atoms with E-state index in [1.54, 1.807) is 7.05 Å². The molecule has 2 N–H and O–H groups in total. The minimum Gasteiger partial charge on any atom is -0.480 e. The van der Waals surface area contributed by atoms with Crippen molar-refractivity contribution in [2.24, 2.45) is 30.7 Å². The van der Waals surface area contributed by atoms with Crippen LogP contribution in [0.15, 0.2) is 21.9 Å². The lowest BCUT2D eigenvalue weighted by atomic mass is 9.62. The Balaban J connectivity index is 1.49. The van der Waals surface area contributed by atoms with Crippen LogP contribution in [0.4, 0.5) is 17.6 Å². The second-order valence-electron chi connectivity index (χ2n) is 11.1. The molecule has 1 amide bonds. The Bertz CT molecular complexity index is 1160. The molecule has 0 radical (unpaired) electrons. The van der Waals surface area contributed by atoms with Gasteiger partial charge < -0.3 is 19.7 Å². The summed E-state index contributed by atoms with van der Waals surface area (Å²) < 4.78 is 61.5. The van der Waals surface area contributed by atoms with Crippen LogP contribution in [0.3, 0.4) is 0 Å². The number of nitrogens with zero attached hydrogens (tertiary/aromatic N) is 2. The minimum atomic E-state index is -3.29. The summed E-state index contributed by atoms with van der Waals surface area (Å²) in [5.41, 5.74) is -0.793. The molecule has 0 saturated heterocycles. The zero-order valence-electron chi connectivity index (χ0n) is 21.7. The fourth-order valence-corrected chi connectivity index (χ4v) is 7.07. The highest BCUT2D eigenvalue weighted by Crippen LogP contribution is 2.49. The van der Waals surface area contributed by atoms with Crippen LogP contribution < -0.4 is 16.6 Å². The van der Waals surface area contributed by atoms with Crippen LogP contribution in [0, 0.1) is 23.7 Å². The molecule has 0 aromatic carbocycles. The molecule has 4 rings (SSSR count). The van der Waals surface area contributed by atoms with Crippen LogP contribution in [0.1, 0.15) is 63.8 Å². The fraction of sp³-hybridized carbons (Fsp3) is 0.769. The molecule has 3 aliphatic rings. The van der Waals surface area contributed by atoms with Crippen LogP contribution in [-0.2, 0) is 21.4 Å². The summed E-state index contributed by atoms with van der Waals surface area (Å²) in [5.74, 6) is -4.71. The van der Waals surface area contributed by atoms with Crippen molar-refractivity contribution in [3.63, 3.8) is 0 Å². The number of carbonyl (C=O) groups excluding carboxylic acids is 1. The summed E-state index contributed by atoms with van der Waals surface area (Å²) in [5, 5.41) is 12.1. The van der Waals surface area contributed by atoms with E-state index in [-0.39, 0.29) is 48.6 Å². The highest BCUT2D eigenvalue weighted by atomic mass is 19.3. The molecule has 0 spiro atoms. The summed E-state index contributed by atoms with van der Waals surface area (Å²) in [4.78, 5) is 50.4. The first-order valence-corrected chi connectivity index (χ1v) is 13.5. The number of aryl methyl sites for hydroxylation is 1. The number of rotatable bonds is 8. The molecule has 3 saturated carbocycles. The number of ether oxygens (including phenoxy) is 1. The van der Waals surface area contributed by atoms with Gasteiger partial charge in [-0.2, -0.15) is 8.78 Å². The summed E-state index contributed by atoms with van der Waals surface area (Å²) in [6.07, 6.45) is -0.912. The summed E-state index contributed by atoms with van der Waals surface area (Å²) in [7, 11) is 1.57. The maximum atomic E-state index is 14.8. The van der Waals surface area contributed by atoms with Crippen molar-refractivity contribution >= 4 is 11.9 Å². The lowest BCUT2D eigenvalue weighted by Crippen LogP contribution is -2.54. The minimum absolute atomic E-state index is 0.00517. The van der Waals surface area contributed by atoms with E-state index in [0.29, 0.717) is 12.8 Å². The Morgan fingerprint density at radius 1 is 1.08 bits per heavy atom. The summed E-state index contributed by atoms with van der Waals surface area (Å²) in [6, 6.07) is -0.421. The van der Waals surface area contributed by atoms with E-state index < -0.39 is 54.6 Å². The Morgan fingerprint density at radius 2 is 1.77 bits per heavy atom. The predicted octanol–water partition coefficient (Wildman–Crippen LogP) is 2.96. The molecule has 9 nitrogen and oxygen atoms in total. The van der Waals surface area contributed by atoms with Gasteiger partial charge in [-0.3, -0.25) is 14.2 Å². The summed E-state index contributed by atoms with van der Waals surface area (Å²) >= 11 is 0. The molecule has 9 atom stereocenters. The second kappa shape index (κ2) is 12.2. The van der Waals surface area contributed by atoms with Crippen LogP contribution in [-0.4, -0.2) is 57.2 Å². The molecule has 3 fully saturated rings. The average Bonchev–Trinajstić information content (AvgIpc) is 2.88. The van der Waals surface area contributed by atoms with E-state index in [2.05, 4.69) is 10.1 Å².